The van der Waals surface area contributed by atoms with Gasteiger partial charge < -0.3 is 16.4 Å². The second kappa shape index (κ2) is 10.1. The monoisotopic (exact) mass is 409 g/mol. The summed E-state index contributed by atoms with van der Waals surface area (Å²) in [5.41, 5.74) is 8.55. The fourth-order valence-corrected chi connectivity index (χ4v) is 3.18. The van der Waals surface area contributed by atoms with Crippen LogP contribution in [0.4, 0.5) is 0 Å². The molecule has 0 spiro atoms. The minimum absolute atomic E-state index is 0.0266. The lowest BCUT2D eigenvalue weighted by Crippen LogP contribution is -2.54. The zero-order valence-electron chi connectivity index (χ0n) is 18.1. The third-order valence-corrected chi connectivity index (χ3v) is 4.90. The van der Waals surface area contributed by atoms with Crippen molar-refractivity contribution in [1.82, 2.24) is 10.6 Å². The SMILES string of the molecule is CC(=O)N[C@H](Cc1ccccc1)C(=O)N[C@H](Cc1ccc(C(C)(C)C)cc1)C(N)=O. The number of primary amides is 1. The van der Waals surface area contributed by atoms with E-state index in [1.807, 2.05) is 54.6 Å². The number of nitrogens with two attached hydrogens (primary N) is 1. The molecule has 0 saturated carbocycles. The van der Waals surface area contributed by atoms with E-state index < -0.39 is 23.9 Å². The summed E-state index contributed by atoms with van der Waals surface area (Å²) in [5.74, 6) is -1.38. The van der Waals surface area contributed by atoms with Crippen molar-refractivity contribution in [3.8, 4) is 0 Å². The smallest absolute Gasteiger partial charge is 0.243 e. The van der Waals surface area contributed by atoms with Gasteiger partial charge in [0.2, 0.25) is 17.7 Å². The van der Waals surface area contributed by atoms with Gasteiger partial charge in [-0.15, -0.1) is 0 Å². The van der Waals surface area contributed by atoms with Crippen LogP contribution in [0.5, 0.6) is 0 Å². The quantitative estimate of drug-likeness (QED) is 0.623. The van der Waals surface area contributed by atoms with Crippen LogP contribution >= 0.6 is 0 Å². The largest absolute Gasteiger partial charge is 0.368 e. The summed E-state index contributed by atoms with van der Waals surface area (Å²) in [6.45, 7) is 7.74. The number of amides is 3. The second-order valence-corrected chi connectivity index (χ2v) is 8.56. The Kier molecular flexibility index (Phi) is 7.75. The maximum absolute atomic E-state index is 12.8. The summed E-state index contributed by atoms with van der Waals surface area (Å²) in [4.78, 5) is 36.4. The van der Waals surface area contributed by atoms with E-state index in [0.717, 1.165) is 11.1 Å². The minimum atomic E-state index is -0.870. The van der Waals surface area contributed by atoms with Gasteiger partial charge in [-0.1, -0.05) is 75.4 Å². The Morgan fingerprint density at radius 2 is 1.37 bits per heavy atom. The van der Waals surface area contributed by atoms with Gasteiger partial charge in [-0.3, -0.25) is 14.4 Å². The molecule has 0 aliphatic rings. The number of rotatable bonds is 8. The van der Waals surface area contributed by atoms with E-state index in [0.29, 0.717) is 6.42 Å². The lowest BCUT2D eigenvalue weighted by atomic mass is 9.86. The molecular formula is C24H31N3O3. The second-order valence-electron chi connectivity index (χ2n) is 8.56. The summed E-state index contributed by atoms with van der Waals surface area (Å²) in [7, 11) is 0. The zero-order chi connectivity index (χ0) is 22.3. The molecule has 0 saturated heterocycles. The highest BCUT2D eigenvalue weighted by atomic mass is 16.2. The lowest BCUT2D eigenvalue weighted by molar-refractivity contribution is -0.130. The Balaban J connectivity index is 2.11. The molecule has 0 fully saturated rings. The van der Waals surface area contributed by atoms with Crippen LogP contribution in [-0.4, -0.2) is 29.8 Å². The van der Waals surface area contributed by atoms with E-state index in [1.165, 1.54) is 12.5 Å². The van der Waals surface area contributed by atoms with E-state index >= 15 is 0 Å². The van der Waals surface area contributed by atoms with E-state index in [4.69, 9.17) is 5.73 Å². The standard InChI is InChI=1S/C24H31N3O3/c1-16(28)26-21(15-17-8-6-5-7-9-17)23(30)27-20(22(25)29)14-18-10-12-19(13-11-18)24(2,3)4/h5-13,20-21H,14-15H2,1-4H3,(H2,25,29)(H,26,28)(H,27,30)/t20-,21-/m1/s1. The maximum atomic E-state index is 12.8. The Labute approximate surface area is 178 Å². The van der Waals surface area contributed by atoms with Crippen molar-refractivity contribution < 1.29 is 14.4 Å². The van der Waals surface area contributed by atoms with Gasteiger partial charge in [-0.25, -0.2) is 0 Å². The Bertz CT molecular complexity index is 871. The first-order valence-corrected chi connectivity index (χ1v) is 10.1. The summed E-state index contributed by atoms with van der Waals surface area (Å²) in [6, 6.07) is 15.6. The van der Waals surface area contributed by atoms with E-state index in [9.17, 15) is 14.4 Å². The van der Waals surface area contributed by atoms with E-state index in [-0.39, 0.29) is 17.7 Å². The molecule has 160 valence electrons. The van der Waals surface area contributed by atoms with Gasteiger partial charge in [0, 0.05) is 19.8 Å². The maximum Gasteiger partial charge on any atom is 0.243 e. The van der Waals surface area contributed by atoms with Crippen molar-refractivity contribution in [3.63, 3.8) is 0 Å². The van der Waals surface area contributed by atoms with Crippen molar-refractivity contribution >= 4 is 17.7 Å². The molecule has 2 rings (SSSR count). The molecule has 0 aliphatic carbocycles. The average Bonchev–Trinajstić information content (AvgIpc) is 2.67. The lowest BCUT2D eigenvalue weighted by Gasteiger charge is -2.22. The predicted octanol–water partition coefficient (Wildman–Crippen LogP) is 2.24. The highest BCUT2D eigenvalue weighted by Crippen LogP contribution is 2.22. The molecule has 4 N–H and O–H groups in total. The number of carbonyl (C=O) groups excluding carboxylic acids is 3. The van der Waals surface area contributed by atoms with Crippen molar-refractivity contribution in [2.75, 3.05) is 0 Å². The molecule has 2 atom stereocenters. The third-order valence-electron chi connectivity index (χ3n) is 4.90. The van der Waals surface area contributed by atoms with Gasteiger partial charge in [-0.05, 0) is 22.1 Å². The molecule has 2 aromatic carbocycles. The molecule has 2 aromatic rings. The molecule has 6 heteroatoms. The number of benzene rings is 2. The molecule has 0 radical (unpaired) electrons. The number of hydrogen-bond acceptors (Lipinski definition) is 3. The van der Waals surface area contributed by atoms with Gasteiger partial charge in [0.15, 0.2) is 0 Å². The van der Waals surface area contributed by atoms with Gasteiger partial charge in [-0.2, -0.15) is 0 Å². The minimum Gasteiger partial charge on any atom is -0.368 e. The van der Waals surface area contributed by atoms with Gasteiger partial charge in [0.1, 0.15) is 12.1 Å². The molecule has 0 aliphatic heterocycles. The van der Waals surface area contributed by atoms with Crippen LogP contribution in [0.15, 0.2) is 54.6 Å². The van der Waals surface area contributed by atoms with E-state index in [1.54, 1.807) is 0 Å². The Morgan fingerprint density at radius 1 is 0.833 bits per heavy atom. The summed E-state index contributed by atoms with van der Waals surface area (Å²) in [6.07, 6.45) is 0.599. The van der Waals surface area contributed by atoms with Crippen LogP contribution in [0.25, 0.3) is 0 Å². The fraction of sp³-hybridized carbons (Fsp3) is 0.375. The first kappa shape index (κ1) is 23.1. The van der Waals surface area contributed by atoms with Crippen LogP contribution in [-0.2, 0) is 32.6 Å². The van der Waals surface area contributed by atoms with Crippen molar-refractivity contribution in [1.29, 1.82) is 0 Å². The Hall–Kier alpha value is -3.15. The van der Waals surface area contributed by atoms with Crippen molar-refractivity contribution in [2.24, 2.45) is 5.73 Å². The zero-order valence-corrected chi connectivity index (χ0v) is 18.1. The van der Waals surface area contributed by atoms with Crippen LogP contribution < -0.4 is 16.4 Å². The van der Waals surface area contributed by atoms with Crippen LogP contribution in [0.1, 0.15) is 44.4 Å². The molecule has 3 amide bonds. The van der Waals surface area contributed by atoms with E-state index in [2.05, 4.69) is 31.4 Å². The molecule has 0 bridgehead atoms. The number of hydrogen-bond donors (Lipinski definition) is 3. The highest BCUT2D eigenvalue weighted by molar-refractivity contribution is 5.91. The van der Waals surface area contributed by atoms with Crippen LogP contribution in [0.2, 0.25) is 0 Å². The fourth-order valence-electron chi connectivity index (χ4n) is 3.18. The topological polar surface area (TPSA) is 101 Å². The summed E-state index contributed by atoms with van der Waals surface area (Å²) in [5, 5.41) is 5.36. The average molecular weight is 410 g/mol. The molecule has 0 unspecified atom stereocenters. The molecule has 30 heavy (non-hydrogen) atoms. The molecule has 0 aromatic heterocycles. The van der Waals surface area contributed by atoms with Gasteiger partial charge >= 0.3 is 0 Å². The summed E-state index contributed by atoms with van der Waals surface area (Å²) >= 11 is 0. The first-order chi connectivity index (χ1) is 14.1. The third kappa shape index (κ3) is 7.03. The van der Waals surface area contributed by atoms with Crippen molar-refractivity contribution in [3.05, 3.63) is 71.3 Å². The Morgan fingerprint density at radius 3 is 1.87 bits per heavy atom. The predicted molar refractivity (Wildman–Crippen MR) is 118 cm³/mol. The normalized spacial score (nSPS) is 13.2. The van der Waals surface area contributed by atoms with Crippen LogP contribution in [0.3, 0.4) is 0 Å². The van der Waals surface area contributed by atoms with Gasteiger partial charge in [0.25, 0.3) is 0 Å². The molecule has 0 heterocycles. The summed E-state index contributed by atoms with van der Waals surface area (Å²) < 4.78 is 0. The number of nitrogens with one attached hydrogen (secondary N) is 2. The van der Waals surface area contributed by atoms with Crippen LogP contribution in [0, 0.1) is 0 Å². The number of carbonyl (C=O) groups is 3. The van der Waals surface area contributed by atoms with Crippen molar-refractivity contribution in [2.45, 2.75) is 58.0 Å². The molecular weight excluding hydrogens is 378 g/mol. The highest BCUT2D eigenvalue weighted by Gasteiger charge is 2.25. The first-order valence-electron chi connectivity index (χ1n) is 10.1. The van der Waals surface area contributed by atoms with Gasteiger partial charge in [0.05, 0.1) is 0 Å². The molecule has 6 nitrogen and oxygen atoms in total.